The lowest BCUT2D eigenvalue weighted by molar-refractivity contribution is 0.102. The molecule has 94 valence electrons. The quantitative estimate of drug-likeness (QED) is 0.814. The Hall–Kier alpha value is -1.52. The Morgan fingerprint density at radius 1 is 1.28 bits per heavy atom. The summed E-state index contributed by atoms with van der Waals surface area (Å²) in [5, 5.41) is 4.80. The summed E-state index contributed by atoms with van der Waals surface area (Å²) in [4.78, 5) is 12.4. The summed E-state index contributed by atoms with van der Waals surface area (Å²) >= 11 is 11.8. The van der Waals surface area contributed by atoms with Crippen LogP contribution < -0.4 is 4.74 Å². The molecule has 18 heavy (non-hydrogen) atoms. The molecule has 0 aliphatic carbocycles. The Kier molecular flexibility index (Phi) is 3.59. The molecule has 6 heteroatoms. The van der Waals surface area contributed by atoms with Gasteiger partial charge < -0.3 is 4.74 Å². The van der Waals surface area contributed by atoms with E-state index < -0.39 is 0 Å². The average molecular weight is 285 g/mol. The standard InChI is InChI=1S/C12H10Cl2N2O2/c1-16-11(10(18-2)6-15-16)12(17)7-3-8(13)5-9(14)4-7/h3-6H,1-2H3. The van der Waals surface area contributed by atoms with E-state index in [0.29, 0.717) is 27.1 Å². The van der Waals surface area contributed by atoms with E-state index >= 15 is 0 Å². The number of halogens is 2. The minimum Gasteiger partial charge on any atom is -0.493 e. The van der Waals surface area contributed by atoms with Gasteiger partial charge in [-0.1, -0.05) is 23.2 Å². The first-order chi connectivity index (χ1) is 8.52. The third-order valence-electron chi connectivity index (χ3n) is 2.46. The lowest BCUT2D eigenvalue weighted by atomic mass is 10.1. The summed E-state index contributed by atoms with van der Waals surface area (Å²) in [7, 11) is 3.15. The zero-order chi connectivity index (χ0) is 13.3. The van der Waals surface area contributed by atoms with Crippen LogP contribution in [0, 0.1) is 0 Å². The van der Waals surface area contributed by atoms with Gasteiger partial charge in [-0.05, 0) is 18.2 Å². The zero-order valence-electron chi connectivity index (χ0n) is 9.78. The molecule has 0 N–H and O–H groups in total. The van der Waals surface area contributed by atoms with Crippen LogP contribution >= 0.6 is 23.2 Å². The fourth-order valence-electron chi connectivity index (χ4n) is 1.65. The Labute approximate surface area is 114 Å². The van der Waals surface area contributed by atoms with Gasteiger partial charge in [0.15, 0.2) is 11.4 Å². The van der Waals surface area contributed by atoms with Crippen LogP contribution in [-0.2, 0) is 7.05 Å². The lowest BCUT2D eigenvalue weighted by Crippen LogP contribution is -2.09. The van der Waals surface area contributed by atoms with E-state index in [2.05, 4.69) is 5.10 Å². The van der Waals surface area contributed by atoms with E-state index in [1.807, 2.05) is 0 Å². The number of carbonyl (C=O) groups is 1. The minimum atomic E-state index is -0.240. The fourth-order valence-corrected chi connectivity index (χ4v) is 2.17. The number of hydrogen-bond donors (Lipinski definition) is 0. The van der Waals surface area contributed by atoms with Gasteiger partial charge in [0.25, 0.3) is 0 Å². The fraction of sp³-hybridized carbons (Fsp3) is 0.167. The first-order valence-electron chi connectivity index (χ1n) is 5.09. The number of rotatable bonds is 3. The van der Waals surface area contributed by atoms with Gasteiger partial charge in [0.2, 0.25) is 5.78 Å². The first-order valence-corrected chi connectivity index (χ1v) is 5.85. The van der Waals surface area contributed by atoms with Crippen LogP contribution in [0.1, 0.15) is 16.1 Å². The second-order valence-electron chi connectivity index (χ2n) is 3.67. The number of aromatic nitrogens is 2. The van der Waals surface area contributed by atoms with Crippen LogP contribution in [0.2, 0.25) is 10.0 Å². The lowest BCUT2D eigenvalue weighted by Gasteiger charge is -2.05. The monoisotopic (exact) mass is 284 g/mol. The van der Waals surface area contributed by atoms with Crippen molar-refractivity contribution in [3.05, 3.63) is 45.7 Å². The molecule has 0 fully saturated rings. The maximum Gasteiger partial charge on any atom is 0.214 e. The number of nitrogens with zero attached hydrogens (tertiary/aromatic N) is 2. The molecule has 0 saturated heterocycles. The predicted octanol–water partition coefficient (Wildman–Crippen LogP) is 2.97. The molecule has 4 nitrogen and oxygen atoms in total. The number of benzene rings is 1. The Morgan fingerprint density at radius 3 is 2.44 bits per heavy atom. The molecule has 2 aromatic rings. The minimum absolute atomic E-state index is 0.240. The molecule has 1 heterocycles. The van der Waals surface area contributed by atoms with Crippen LogP contribution in [0.4, 0.5) is 0 Å². The van der Waals surface area contributed by atoms with E-state index in [1.54, 1.807) is 25.2 Å². The van der Waals surface area contributed by atoms with E-state index in [4.69, 9.17) is 27.9 Å². The van der Waals surface area contributed by atoms with E-state index in [9.17, 15) is 4.79 Å². The van der Waals surface area contributed by atoms with Crippen LogP contribution in [0.5, 0.6) is 5.75 Å². The molecule has 1 aromatic heterocycles. The molecule has 1 aromatic carbocycles. The molecule has 0 aliphatic rings. The maximum atomic E-state index is 12.4. The second kappa shape index (κ2) is 5.00. The van der Waals surface area contributed by atoms with Gasteiger partial charge in [-0.3, -0.25) is 9.48 Å². The van der Waals surface area contributed by atoms with Crippen LogP contribution in [0.3, 0.4) is 0 Å². The highest BCUT2D eigenvalue weighted by Gasteiger charge is 2.20. The third-order valence-corrected chi connectivity index (χ3v) is 2.90. The predicted molar refractivity (Wildman–Crippen MR) is 69.7 cm³/mol. The van der Waals surface area contributed by atoms with E-state index in [-0.39, 0.29) is 5.78 Å². The highest BCUT2D eigenvalue weighted by Crippen LogP contribution is 2.24. The van der Waals surface area contributed by atoms with Crippen LogP contribution in [0.25, 0.3) is 0 Å². The van der Waals surface area contributed by atoms with Crippen LogP contribution in [-0.4, -0.2) is 22.7 Å². The summed E-state index contributed by atoms with van der Waals surface area (Å²) in [6.07, 6.45) is 1.49. The molecular weight excluding hydrogens is 275 g/mol. The number of aryl methyl sites for hydroxylation is 1. The molecule has 0 bridgehead atoms. The molecule has 0 unspecified atom stereocenters. The number of hydrogen-bond acceptors (Lipinski definition) is 3. The molecule has 0 atom stereocenters. The molecule has 0 amide bonds. The van der Waals surface area contributed by atoms with Crippen molar-refractivity contribution in [2.75, 3.05) is 7.11 Å². The maximum absolute atomic E-state index is 12.4. The number of ether oxygens (including phenoxy) is 1. The highest BCUT2D eigenvalue weighted by molar-refractivity contribution is 6.35. The molecular formula is C12H10Cl2N2O2. The second-order valence-corrected chi connectivity index (χ2v) is 4.55. The molecule has 0 radical (unpaired) electrons. The summed E-state index contributed by atoms with van der Waals surface area (Å²) in [5.41, 5.74) is 0.755. The van der Waals surface area contributed by atoms with Crippen molar-refractivity contribution in [1.29, 1.82) is 0 Å². The van der Waals surface area contributed by atoms with Crippen molar-refractivity contribution in [2.24, 2.45) is 7.05 Å². The summed E-state index contributed by atoms with van der Waals surface area (Å²) in [5.74, 6) is 0.176. The highest BCUT2D eigenvalue weighted by atomic mass is 35.5. The van der Waals surface area contributed by atoms with Crippen molar-refractivity contribution in [3.63, 3.8) is 0 Å². The number of ketones is 1. The van der Waals surface area contributed by atoms with Gasteiger partial charge in [-0.25, -0.2) is 0 Å². The van der Waals surface area contributed by atoms with Gasteiger partial charge in [0.1, 0.15) is 0 Å². The zero-order valence-corrected chi connectivity index (χ0v) is 11.3. The van der Waals surface area contributed by atoms with Gasteiger partial charge in [0.05, 0.1) is 13.3 Å². The summed E-state index contributed by atoms with van der Waals surface area (Å²) < 4.78 is 6.55. The summed E-state index contributed by atoms with van der Waals surface area (Å²) in [6, 6.07) is 4.69. The first kappa shape index (κ1) is 12.9. The van der Waals surface area contributed by atoms with Gasteiger partial charge in [0, 0.05) is 22.7 Å². The summed E-state index contributed by atoms with van der Waals surface area (Å²) in [6.45, 7) is 0. The Morgan fingerprint density at radius 2 is 1.89 bits per heavy atom. The topological polar surface area (TPSA) is 44.1 Å². The van der Waals surface area contributed by atoms with Crippen molar-refractivity contribution < 1.29 is 9.53 Å². The Balaban J connectivity index is 2.50. The van der Waals surface area contributed by atoms with Crippen molar-refractivity contribution in [1.82, 2.24) is 9.78 Å². The molecule has 0 spiro atoms. The molecule has 0 aliphatic heterocycles. The number of methoxy groups -OCH3 is 1. The SMILES string of the molecule is COc1cnn(C)c1C(=O)c1cc(Cl)cc(Cl)c1. The average Bonchev–Trinajstić information content (AvgIpc) is 2.68. The van der Waals surface area contributed by atoms with Gasteiger partial charge in [-0.2, -0.15) is 5.10 Å². The number of carbonyl (C=O) groups excluding carboxylic acids is 1. The molecule has 2 rings (SSSR count). The van der Waals surface area contributed by atoms with E-state index in [0.717, 1.165) is 0 Å². The van der Waals surface area contributed by atoms with Crippen LogP contribution in [0.15, 0.2) is 24.4 Å². The molecule has 0 saturated carbocycles. The Bertz CT molecular complexity index is 588. The largest absolute Gasteiger partial charge is 0.493 e. The van der Waals surface area contributed by atoms with Crippen molar-refractivity contribution in [3.8, 4) is 5.75 Å². The normalized spacial score (nSPS) is 10.4. The van der Waals surface area contributed by atoms with Crippen molar-refractivity contribution in [2.45, 2.75) is 0 Å². The van der Waals surface area contributed by atoms with Gasteiger partial charge in [-0.15, -0.1) is 0 Å². The third kappa shape index (κ3) is 2.35. The van der Waals surface area contributed by atoms with Gasteiger partial charge >= 0.3 is 0 Å². The smallest absolute Gasteiger partial charge is 0.214 e. The van der Waals surface area contributed by atoms with E-state index in [1.165, 1.54) is 18.0 Å². The van der Waals surface area contributed by atoms with Crippen molar-refractivity contribution >= 4 is 29.0 Å².